The van der Waals surface area contributed by atoms with Gasteiger partial charge in [-0.25, -0.2) is 5.43 Å². The molecule has 7 heteroatoms. The zero-order chi connectivity index (χ0) is 20.5. The number of hydrogen-bond donors (Lipinski definition) is 1. The predicted octanol–water partition coefficient (Wildman–Crippen LogP) is 1.78. The van der Waals surface area contributed by atoms with Gasteiger partial charge in [0.1, 0.15) is 18.1 Å². The highest BCUT2D eigenvalue weighted by Gasteiger charge is 2.10. The number of rotatable bonds is 9. The van der Waals surface area contributed by atoms with Crippen LogP contribution in [0, 0.1) is 6.92 Å². The van der Waals surface area contributed by atoms with Crippen LogP contribution in [0.15, 0.2) is 47.6 Å². The molecule has 1 amide bonds. The molecule has 0 atom stereocenters. The highest BCUT2D eigenvalue weighted by Crippen LogP contribution is 2.27. The van der Waals surface area contributed by atoms with Crippen molar-refractivity contribution in [2.24, 2.45) is 5.10 Å². The Balaban J connectivity index is 1.93. The maximum atomic E-state index is 12.0. The summed E-state index contributed by atoms with van der Waals surface area (Å²) in [7, 11) is 0. The summed E-state index contributed by atoms with van der Waals surface area (Å²) in [4.78, 5) is 22.5. The maximum absolute atomic E-state index is 12.0. The number of ether oxygens (including phenoxy) is 2. The molecule has 0 aliphatic carbocycles. The number of carboxylic acid groups (broad SMARTS) is 1. The molecule has 0 bridgehead atoms. The van der Waals surface area contributed by atoms with Crippen LogP contribution < -0.4 is 20.0 Å². The Morgan fingerprint density at radius 1 is 1.11 bits per heavy atom. The first-order valence-corrected chi connectivity index (χ1v) is 8.83. The molecule has 0 aliphatic rings. The van der Waals surface area contributed by atoms with Crippen molar-refractivity contribution in [1.29, 1.82) is 0 Å². The number of carbonyl (C=O) groups is 2. The molecule has 7 nitrogen and oxygen atoms in total. The number of aryl methyl sites for hydroxylation is 1. The van der Waals surface area contributed by atoms with Crippen LogP contribution in [0.25, 0.3) is 0 Å². The number of aliphatic carboxylic acids is 1. The van der Waals surface area contributed by atoms with Gasteiger partial charge in [-0.1, -0.05) is 38.1 Å². The molecule has 28 heavy (non-hydrogen) atoms. The zero-order valence-electron chi connectivity index (χ0n) is 16.1. The molecule has 0 spiro atoms. The number of carbonyl (C=O) groups excluding carboxylic acids is 2. The number of carboxylic acids is 1. The lowest BCUT2D eigenvalue weighted by Gasteiger charge is -2.14. The SMILES string of the molecule is Cc1ccc(C(C)C)c(OCC(=O)N/N=C\c2ccccc2OCC(=O)[O-])c1. The molecular weight excluding hydrogens is 360 g/mol. The van der Waals surface area contributed by atoms with Crippen LogP contribution in [0.1, 0.15) is 36.5 Å². The minimum Gasteiger partial charge on any atom is -0.546 e. The second kappa shape index (κ2) is 10.1. The summed E-state index contributed by atoms with van der Waals surface area (Å²) in [5, 5.41) is 14.4. The van der Waals surface area contributed by atoms with E-state index in [2.05, 4.69) is 24.4 Å². The van der Waals surface area contributed by atoms with Gasteiger partial charge < -0.3 is 19.4 Å². The second-order valence-electron chi connectivity index (χ2n) is 6.48. The topological polar surface area (TPSA) is 100 Å². The molecule has 0 fully saturated rings. The van der Waals surface area contributed by atoms with Crippen molar-refractivity contribution in [2.75, 3.05) is 13.2 Å². The monoisotopic (exact) mass is 383 g/mol. The standard InChI is InChI=1S/C21H24N2O5/c1-14(2)17-9-8-15(3)10-19(17)27-12-20(24)23-22-11-16-6-4-5-7-18(16)28-13-21(25)26/h4-11,14H,12-13H2,1-3H3,(H,23,24)(H,25,26)/p-1/b22-11-. The molecule has 0 saturated heterocycles. The zero-order valence-corrected chi connectivity index (χ0v) is 16.1. The van der Waals surface area contributed by atoms with E-state index in [1.54, 1.807) is 24.3 Å². The highest BCUT2D eigenvalue weighted by molar-refractivity contribution is 5.85. The van der Waals surface area contributed by atoms with Gasteiger partial charge in [0.15, 0.2) is 6.61 Å². The van der Waals surface area contributed by atoms with Crippen molar-refractivity contribution in [1.82, 2.24) is 5.43 Å². The van der Waals surface area contributed by atoms with Gasteiger partial charge in [-0.2, -0.15) is 5.10 Å². The molecule has 2 aromatic carbocycles. The van der Waals surface area contributed by atoms with Crippen LogP contribution in [-0.4, -0.2) is 31.3 Å². The van der Waals surface area contributed by atoms with Gasteiger partial charge in [-0.15, -0.1) is 0 Å². The van der Waals surface area contributed by atoms with Crippen LogP contribution in [0.3, 0.4) is 0 Å². The minimum atomic E-state index is -1.32. The molecule has 0 heterocycles. The van der Waals surface area contributed by atoms with Crippen LogP contribution in [-0.2, 0) is 9.59 Å². The summed E-state index contributed by atoms with van der Waals surface area (Å²) in [6.07, 6.45) is 1.37. The molecule has 148 valence electrons. The van der Waals surface area contributed by atoms with Gasteiger partial charge in [0.25, 0.3) is 5.91 Å². The smallest absolute Gasteiger partial charge is 0.277 e. The van der Waals surface area contributed by atoms with E-state index in [9.17, 15) is 14.7 Å². The fourth-order valence-corrected chi connectivity index (χ4v) is 2.45. The lowest BCUT2D eigenvalue weighted by Crippen LogP contribution is -2.29. The summed E-state index contributed by atoms with van der Waals surface area (Å²) in [6, 6.07) is 12.6. The van der Waals surface area contributed by atoms with Gasteiger partial charge in [0, 0.05) is 5.56 Å². The van der Waals surface area contributed by atoms with Gasteiger partial charge >= 0.3 is 0 Å². The molecule has 0 aliphatic heterocycles. The molecular formula is C21H23N2O5-. The van der Waals surface area contributed by atoms with Crippen molar-refractivity contribution in [3.05, 3.63) is 59.2 Å². The predicted molar refractivity (Wildman–Crippen MR) is 103 cm³/mol. The first-order valence-electron chi connectivity index (χ1n) is 8.83. The van der Waals surface area contributed by atoms with E-state index in [-0.39, 0.29) is 12.5 Å². The average molecular weight is 383 g/mol. The number of nitrogens with zero attached hydrogens (tertiary/aromatic N) is 1. The van der Waals surface area contributed by atoms with Crippen LogP contribution in [0.5, 0.6) is 11.5 Å². The Bertz CT molecular complexity index is 862. The van der Waals surface area contributed by atoms with Crippen LogP contribution in [0.2, 0.25) is 0 Å². The number of para-hydroxylation sites is 1. The van der Waals surface area contributed by atoms with E-state index in [0.717, 1.165) is 11.1 Å². The fraction of sp³-hybridized carbons (Fsp3) is 0.286. The van der Waals surface area contributed by atoms with E-state index in [4.69, 9.17) is 9.47 Å². The van der Waals surface area contributed by atoms with Crippen molar-refractivity contribution >= 4 is 18.1 Å². The lowest BCUT2D eigenvalue weighted by molar-refractivity contribution is -0.307. The van der Waals surface area contributed by atoms with E-state index >= 15 is 0 Å². The molecule has 2 rings (SSSR count). The third-order valence-electron chi connectivity index (χ3n) is 3.81. The largest absolute Gasteiger partial charge is 0.546 e. The Labute approximate surface area is 164 Å². The van der Waals surface area contributed by atoms with Gasteiger partial charge in [0.05, 0.1) is 12.2 Å². The number of benzene rings is 2. The Kier molecular flexibility index (Phi) is 7.56. The molecule has 2 aromatic rings. The van der Waals surface area contributed by atoms with Gasteiger partial charge in [0.2, 0.25) is 0 Å². The van der Waals surface area contributed by atoms with E-state index in [1.807, 2.05) is 25.1 Å². The second-order valence-corrected chi connectivity index (χ2v) is 6.48. The van der Waals surface area contributed by atoms with E-state index in [1.165, 1.54) is 6.21 Å². The highest BCUT2D eigenvalue weighted by atomic mass is 16.5. The third kappa shape index (κ3) is 6.42. The molecule has 0 radical (unpaired) electrons. The van der Waals surface area contributed by atoms with E-state index in [0.29, 0.717) is 17.1 Å². The molecule has 0 unspecified atom stereocenters. The van der Waals surface area contributed by atoms with E-state index < -0.39 is 18.5 Å². The van der Waals surface area contributed by atoms with Crippen LogP contribution >= 0.6 is 0 Å². The summed E-state index contributed by atoms with van der Waals surface area (Å²) in [5.41, 5.74) is 4.97. The minimum absolute atomic E-state index is 0.177. The van der Waals surface area contributed by atoms with Gasteiger partial charge in [-0.3, -0.25) is 4.79 Å². The summed E-state index contributed by atoms with van der Waals surface area (Å²) < 4.78 is 10.8. The maximum Gasteiger partial charge on any atom is 0.277 e. The van der Waals surface area contributed by atoms with Crippen molar-refractivity contribution in [2.45, 2.75) is 26.7 Å². The van der Waals surface area contributed by atoms with Crippen molar-refractivity contribution in [3.63, 3.8) is 0 Å². The lowest BCUT2D eigenvalue weighted by atomic mass is 10.0. The molecule has 1 N–H and O–H groups in total. The number of hydrogen-bond acceptors (Lipinski definition) is 6. The number of nitrogens with one attached hydrogen (secondary N) is 1. The number of amides is 1. The molecule has 0 saturated carbocycles. The Hall–Kier alpha value is -3.35. The molecule has 0 aromatic heterocycles. The summed E-state index contributed by atoms with van der Waals surface area (Å²) in [5.74, 6) is -0.471. The summed E-state index contributed by atoms with van der Waals surface area (Å²) in [6.45, 7) is 5.33. The van der Waals surface area contributed by atoms with Gasteiger partial charge in [-0.05, 0) is 42.2 Å². The number of hydrazone groups is 1. The Morgan fingerprint density at radius 2 is 1.82 bits per heavy atom. The average Bonchev–Trinajstić information content (AvgIpc) is 2.65. The van der Waals surface area contributed by atoms with Crippen molar-refractivity contribution in [3.8, 4) is 11.5 Å². The summed E-state index contributed by atoms with van der Waals surface area (Å²) >= 11 is 0. The quantitative estimate of drug-likeness (QED) is 0.525. The first-order chi connectivity index (χ1) is 13.4. The Morgan fingerprint density at radius 3 is 2.54 bits per heavy atom. The first kappa shape index (κ1) is 21.0. The normalized spacial score (nSPS) is 10.9. The van der Waals surface area contributed by atoms with Crippen molar-refractivity contribution < 1.29 is 24.2 Å². The fourth-order valence-electron chi connectivity index (χ4n) is 2.45. The van der Waals surface area contributed by atoms with Crippen LogP contribution in [0.4, 0.5) is 0 Å². The third-order valence-corrected chi connectivity index (χ3v) is 3.81.